The minimum Gasteiger partial charge on any atom is -0.494 e. The Morgan fingerprint density at radius 2 is 1.68 bits per heavy atom. The number of anilines is 2. The molecule has 152 valence electrons. The summed E-state index contributed by atoms with van der Waals surface area (Å²) in [6.07, 6.45) is 1.03. The summed E-state index contributed by atoms with van der Waals surface area (Å²) in [6.45, 7) is 6.20. The second-order valence-electron chi connectivity index (χ2n) is 6.83. The second kappa shape index (κ2) is 11.9. The smallest absolute Gasteiger partial charge is 0.243 e. The third-order valence-electron chi connectivity index (χ3n) is 3.95. The van der Waals surface area contributed by atoms with Crippen LogP contribution in [-0.4, -0.2) is 39.4 Å². The number of benzene rings is 2. The number of carbonyl (C=O) groups is 1. The molecule has 1 amide bonds. The summed E-state index contributed by atoms with van der Waals surface area (Å²) in [5.41, 5.74) is 1.55. The Balaban J connectivity index is 1.75. The third kappa shape index (κ3) is 8.31. The molecule has 0 aliphatic carbocycles. The van der Waals surface area contributed by atoms with E-state index in [1.165, 1.54) is 0 Å². The summed E-state index contributed by atoms with van der Waals surface area (Å²) in [7, 11) is 1.63. The molecule has 2 N–H and O–H groups in total. The highest BCUT2D eigenvalue weighted by Crippen LogP contribution is 2.18. The SMILES string of the molecule is COCCOc1cccc(NC(=O)CNc2ccc(OCCC(C)C)cc2)c1. The van der Waals surface area contributed by atoms with Crippen LogP contribution in [0, 0.1) is 5.92 Å². The van der Waals surface area contributed by atoms with Crippen molar-refractivity contribution < 1.29 is 19.0 Å². The first-order chi connectivity index (χ1) is 13.6. The Bertz CT molecular complexity index is 717. The number of amides is 1. The molecule has 0 saturated heterocycles. The fraction of sp³-hybridized carbons (Fsp3) is 0.409. The predicted molar refractivity (Wildman–Crippen MR) is 112 cm³/mol. The minimum absolute atomic E-state index is 0.133. The van der Waals surface area contributed by atoms with Crippen LogP contribution in [0.4, 0.5) is 11.4 Å². The Kier molecular flexibility index (Phi) is 9.15. The van der Waals surface area contributed by atoms with Crippen LogP contribution in [0.2, 0.25) is 0 Å². The van der Waals surface area contributed by atoms with Gasteiger partial charge in [-0.1, -0.05) is 19.9 Å². The van der Waals surface area contributed by atoms with Crippen LogP contribution < -0.4 is 20.1 Å². The maximum Gasteiger partial charge on any atom is 0.243 e. The summed E-state index contributed by atoms with van der Waals surface area (Å²) in [6, 6.07) is 14.9. The quantitative estimate of drug-likeness (QED) is 0.536. The fourth-order valence-corrected chi connectivity index (χ4v) is 2.38. The van der Waals surface area contributed by atoms with Crippen molar-refractivity contribution in [3.63, 3.8) is 0 Å². The van der Waals surface area contributed by atoms with Crippen LogP contribution in [0.3, 0.4) is 0 Å². The molecule has 28 heavy (non-hydrogen) atoms. The summed E-state index contributed by atoms with van der Waals surface area (Å²) in [4.78, 5) is 12.2. The zero-order valence-corrected chi connectivity index (χ0v) is 16.9. The zero-order valence-electron chi connectivity index (χ0n) is 16.9. The van der Waals surface area contributed by atoms with Gasteiger partial charge >= 0.3 is 0 Å². The van der Waals surface area contributed by atoms with Crippen molar-refractivity contribution >= 4 is 17.3 Å². The highest BCUT2D eigenvalue weighted by atomic mass is 16.5. The number of nitrogens with one attached hydrogen (secondary N) is 2. The number of rotatable bonds is 12. The van der Waals surface area contributed by atoms with Crippen molar-refractivity contribution in [3.05, 3.63) is 48.5 Å². The third-order valence-corrected chi connectivity index (χ3v) is 3.95. The van der Waals surface area contributed by atoms with Gasteiger partial charge < -0.3 is 24.8 Å². The largest absolute Gasteiger partial charge is 0.494 e. The van der Waals surface area contributed by atoms with E-state index in [9.17, 15) is 4.79 Å². The van der Waals surface area contributed by atoms with Gasteiger partial charge in [-0.05, 0) is 48.7 Å². The van der Waals surface area contributed by atoms with Crippen LogP contribution in [-0.2, 0) is 9.53 Å². The topological polar surface area (TPSA) is 68.8 Å². The van der Waals surface area contributed by atoms with Gasteiger partial charge in [0.05, 0.1) is 19.8 Å². The van der Waals surface area contributed by atoms with Crippen LogP contribution in [0.15, 0.2) is 48.5 Å². The molecule has 0 aromatic heterocycles. The Morgan fingerprint density at radius 1 is 0.929 bits per heavy atom. The van der Waals surface area contributed by atoms with Gasteiger partial charge in [-0.15, -0.1) is 0 Å². The average molecular weight is 386 g/mol. The Labute approximate surface area is 167 Å². The van der Waals surface area contributed by atoms with E-state index in [0.717, 1.165) is 17.9 Å². The van der Waals surface area contributed by atoms with Gasteiger partial charge in [0.25, 0.3) is 0 Å². The normalized spacial score (nSPS) is 10.6. The molecule has 2 aromatic carbocycles. The lowest BCUT2D eigenvalue weighted by Gasteiger charge is -2.11. The second-order valence-corrected chi connectivity index (χ2v) is 6.83. The van der Waals surface area contributed by atoms with E-state index in [-0.39, 0.29) is 12.5 Å². The predicted octanol–water partition coefficient (Wildman–Crippen LogP) is 4.19. The molecule has 0 aliphatic heterocycles. The van der Waals surface area contributed by atoms with E-state index in [2.05, 4.69) is 24.5 Å². The first-order valence-corrected chi connectivity index (χ1v) is 9.55. The minimum atomic E-state index is -0.133. The average Bonchev–Trinajstić information content (AvgIpc) is 2.68. The fourth-order valence-electron chi connectivity index (χ4n) is 2.38. The molecule has 2 rings (SSSR count). The van der Waals surface area contributed by atoms with Gasteiger partial charge in [0.15, 0.2) is 0 Å². The highest BCUT2D eigenvalue weighted by Gasteiger charge is 2.04. The Hall–Kier alpha value is -2.73. The number of ether oxygens (including phenoxy) is 3. The van der Waals surface area contributed by atoms with Crippen molar-refractivity contribution in [2.45, 2.75) is 20.3 Å². The van der Waals surface area contributed by atoms with Gasteiger partial charge in [0.1, 0.15) is 18.1 Å². The van der Waals surface area contributed by atoms with Crippen molar-refractivity contribution in [2.75, 3.05) is 44.1 Å². The van der Waals surface area contributed by atoms with Crippen molar-refractivity contribution in [2.24, 2.45) is 5.92 Å². The molecule has 0 fully saturated rings. The molecule has 2 aromatic rings. The van der Waals surface area contributed by atoms with Gasteiger partial charge in [-0.25, -0.2) is 0 Å². The van der Waals surface area contributed by atoms with E-state index in [0.29, 0.717) is 37.2 Å². The Morgan fingerprint density at radius 3 is 2.39 bits per heavy atom. The zero-order chi connectivity index (χ0) is 20.2. The highest BCUT2D eigenvalue weighted by molar-refractivity contribution is 5.93. The maximum atomic E-state index is 12.2. The number of hydrogen-bond donors (Lipinski definition) is 2. The molecule has 0 unspecified atom stereocenters. The van der Waals surface area contributed by atoms with Gasteiger partial charge in [-0.2, -0.15) is 0 Å². The van der Waals surface area contributed by atoms with Crippen LogP contribution >= 0.6 is 0 Å². The number of methoxy groups -OCH3 is 1. The lowest BCUT2D eigenvalue weighted by atomic mass is 10.1. The van der Waals surface area contributed by atoms with E-state index in [4.69, 9.17) is 14.2 Å². The summed E-state index contributed by atoms with van der Waals surface area (Å²) < 4.78 is 16.2. The van der Waals surface area contributed by atoms with E-state index in [1.807, 2.05) is 42.5 Å². The molecule has 0 aliphatic rings. The standard InChI is InChI=1S/C22H30N2O4/c1-17(2)11-12-27-20-9-7-18(8-10-20)23-16-22(25)24-19-5-4-6-21(15-19)28-14-13-26-3/h4-10,15,17,23H,11-14,16H2,1-3H3,(H,24,25). The van der Waals surface area contributed by atoms with Crippen LogP contribution in [0.1, 0.15) is 20.3 Å². The van der Waals surface area contributed by atoms with E-state index < -0.39 is 0 Å². The molecule has 0 spiro atoms. The van der Waals surface area contributed by atoms with Crippen molar-refractivity contribution in [1.29, 1.82) is 0 Å². The molecular weight excluding hydrogens is 356 g/mol. The summed E-state index contributed by atoms with van der Waals surface area (Å²) >= 11 is 0. The molecule has 0 atom stereocenters. The molecule has 0 saturated carbocycles. The van der Waals surface area contributed by atoms with E-state index >= 15 is 0 Å². The number of hydrogen-bond acceptors (Lipinski definition) is 5. The molecule has 0 bridgehead atoms. The molecule has 0 heterocycles. The first kappa shape index (κ1) is 21.6. The summed E-state index contributed by atoms with van der Waals surface area (Å²) in [5.74, 6) is 2.01. The number of carbonyl (C=O) groups excluding carboxylic acids is 1. The lowest BCUT2D eigenvalue weighted by Crippen LogP contribution is -2.21. The molecular formula is C22H30N2O4. The van der Waals surface area contributed by atoms with Crippen molar-refractivity contribution in [1.82, 2.24) is 0 Å². The van der Waals surface area contributed by atoms with Crippen LogP contribution in [0.5, 0.6) is 11.5 Å². The maximum absolute atomic E-state index is 12.2. The van der Waals surface area contributed by atoms with Crippen molar-refractivity contribution in [3.8, 4) is 11.5 Å². The van der Waals surface area contributed by atoms with Gasteiger partial charge in [0.2, 0.25) is 5.91 Å². The molecule has 0 radical (unpaired) electrons. The van der Waals surface area contributed by atoms with Gasteiger partial charge in [0, 0.05) is 24.6 Å². The lowest BCUT2D eigenvalue weighted by molar-refractivity contribution is -0.114. The summed E-state index contributed by atoms with van der Waals surface area (Å²) in [5, 5.41) is 5.96. The van der Waals surface area contributed by atoms with Crippen LogP contribution in [0.25, 0.3) is 0 Å². The molecule has 6 heteroatoms. The van der Waals surface area contributed by atoms with Gasteiger partial charge in [-0.3, -0.25) is 4.79 Å². The monoisotopic (exact) mass is 386 g/mol. The van der Waals surface area contributed by atoms with E-state index in [1.54, 1.807) is 13.2 Å². The first-order valence-electron chi connectivity index (χ1n) is 9.55. The molecule has 6 nitrogen and oxygen atoms in total.